The van der Waals surface area contributed by atoms with Crippen LogP contribution in [-0.2, 0) is 11.2 Å². The van der Waals surface area contributed by atoms with Gasteiger partial charge in [0.15, 0.2) is 0 Å². The fraction of sp³-hybridized carbons (Fsp3) is 0.429. The Bertz CT molecular complexity index is 538. The van der Waals surface area contributed by atoms with E-state index in [0.717, 1.165) is 30.8 Å². The van der Waals surface area contributed by atoms with Crippen LogP contribution in [0.5, 0.6) is 0 Å². The second-order valence-corrected chi connectivity index (χ2v) is 4.79. The summed E-state index contributed by atoms with van der Waals surface area (Å²) in [7, 11) is 1.36. The molecule has 2 rings (SSSR count). The molecule has 6 nitrogen and oxygen atoms in total. The van der Waals surface area contributed by atoms with E-state index in [1.54, 1.807) is 0 Å². The van der Waals surface area contributed by atoms with Gasteiger partial charge in [0.05, 0.1) is 25.6 Å². The number of carbonyl (C=O) groups is 1. The molecule has 0 aromatic heterocycles. The molecule has 1 aromatic rings. The van der Waals surface area contributed by atoms with Crippen LogP contribution in [0.2, 0.25) is 0 Å². The standard InChI is InChI=1S/C14H18N4O2/c1-20-14(19)17-11-5-7-18(9-11)12-2-3-13(16)10(8-12)4-6-15/h2-3,8,11H,4-5,7,9,16H2,1H3,(H,17,19). The van der Waals surface area contributed by atoms with Crippen LogP contribution in [0.3, 0.4) is 0 Å². The minimum absolute atomic E-state index is 0.0828. The van der Waals surface area contributed by atoms with Crippen molar-refractivity contribution >= 4 is 17.5 Å². The van der Waals surface area contributed by atoms with Gasteiger partial charge >= 0.3 is 6.09 Å². The van der Waals surface area contributed by atoms with Crippen LogP contribution in [0.25, 0.3) is 0 Å². The Kier molecular flexibility index (Phi) is 4.31. The molecule has 0 aliphatic carbocycles. The van der Waals surface area contributed by atoms with E-state index in [2.05, 4.69) is 21.0 Å². The van der Waals surface area contributed by atoms with Gasteiger partial charge in [0, 0.05) is 24.5 Å². The van der Waals surface area contributed by atoms with Crippen LogP contribution in [0.1, 0.15) is 12.0 Å². The third-order valence-electron chi connectivity index (χ3n) is 3.46. The molecular formula is C14H18N4O2. The molecule has 20 heavy (non-hydrogen) atoms. The first-order valence-corrected chi connectivity index (χ1v) is 6.49. The number of nitrogens with zero attached hydrogens (tertiary/aromatic N) is 2. The summed E-state index contributed by atoms with van der Waals surface area (Å²) in [6, 6.07) is 7.90. The van der Waals surface area contributed by atoms with E-state index in [9.17, 15) is 4.79 Å². The smallest absolute Gasteiger partial charge is 0.407 e. The number of nitrogens with two attached hydrogens (primary N) is 1. The second-order valence-electron chi connectivity index (χ2n) is 4.79. The Morgan fingerprint density at radius 3 is 3.15 bits per heavy atom. The predicted octanol–water partition coefficient (Wildman–Crippen LogP) is 1.27. The van der Waals surface area contributed by atoms with Crippen LogP contribution in [0.4, 0.5) is 16.2 Å². The molecule has 1 fully saturated rings. The van der Waals surface area contributed by atoms with Crippen molar-refractivity contribution < 1.29 is 9.53 Å². The second kappa shape index (κ2) is 6.15. The molecule has 1 aliphatic rings. The molecule has 0 bridgehead atoms. The number of methoxy groups -OCH3 is 1. The van der Waals surface area contributed by atoms with Crippen LogP contribution in [0, 0.1) is 11.3 Å². The largest absolute Gasteiger partial charge is 0.453 e. The van der Waals surface area contributed by atoms with Crippen LogP contribution >= 0.6 is 0 Å². The van der Waals surface area contributed by atoms with Crippen LogP contribution < -0.4 is 16.0 Å². The summed E-state index contributed by atoms with van der Waals surface area (Å²) in [5.41, 5.74) is 8.35. The zero-order valence-corrected chi connectivity index (χ0v) is 11.4. The Balaban J connectivity index is 2.05. The number of hydrogen-bond acceptors (Lipinski definition) is 5. The van der Waals surface area contributed by atoms with Gasteiger partial charge < -0.3 is 20.7 Å². The average Bonchev–Trinajstić information content (AvgIpc) is 2.90. The van der Waals surface area contributed by atoms with Crippen molar-refractivity contribution in [3.63, 3.8) is 0 Å². The number of anilines is 2. The molecule has 106 valence electrons. The van der Waals surface area contributed by atoms with E-state index in [4.69, 9.17) is 11.0 Å². The number of ether oxygens (including phenoxy) is 1. The maximum atomic E-state index is 11.2. The van der Waals surface area contributed by atoms with Crippen molar-refractivity contribution in [2.45, 2.75) is 18.9 Å². The molecule has 0 spiro atoms. The highest BCUT2D eigenvalue weighted by Gasteiger charge is 2.24. The first kappa shape index (κ1) is 14.0. The maximum absolute atomic E-state index is 11.2. The molecular weight excluding hydrogens is 256 g/mol. The van der Waals surface area contributed by atoms with Crippen molar-refractivity contribution in [2.75, 3.05) is 30.8 Å². The van der Waals surface area contributed by atoms with Crippen molar-refractivity contribution in [1.82, 2.24) is 5.32 Å². The summed E-state index contributed by atoms with van der Waals surface area (Å²) in [5.74, 6) is 0. The first-order chi connectivity index (χ1) is 9.63. The Morgan fingerprint density at radius 1 is 1.65 bits per heavy atom. The van der Waals surface area contributed by atoms with Crippen molar-refractivity contribution in [3.8, 4) is 6.07 Å². The van der Waals surface area contributed by atoms with Gasteiger partial charge in [-0.1, -0.05) is 0 Å². The fourth-order valence-corrected chi connectivity index (χ4v) is 2.37. The highest BCUT2D eigenvalue weighted by molar-refractivity contribution is 5.68. The summed E-state index contributed by atoms with van der Waals surface area (Å²) in [6.07, 6.45) is 0.768. The van der Waals surface area contributed by atoms with Crippen LogP contribution in [-0.4, -0.2) is 32.3 Å². The van der Waals surface area contributed by atoms with E-state index in [1.165, 1.54) is 7.11 Å². The summed E-state index contributed by atoms with van der Waals surface area (Å²) in [5, 5.41) is 11.6. The van der Waals surface area contributed by atoms with Crippen LogP contribution in [0.15, 0.2) is 18.2 Å². The van der Waals surface area contributed by atoms with Gasteiger partial charge in [-0.05, 0) is 30.2 Å². The molecule has 1 atom stereocenters. The third kappa shape index (κ3) is 3.12. The van der Waals surface area contributed by atoms with E-state index in [-0.39, 0.29) is 6.04 Å². The first-order valence-electron chi connectivity index (χ1n) is 6.49. The monoisotopic (exact) mass is 274 g/mol. The van der Waals surface area contributed by atoms with Gasteiger partial charge in [-0.3, -0.25) is 0 Å². The zero-order chi connectivity index (χ0) is 14.5. The number of nitrogens with one attached hydrogen (secondary N) is 1. The molecule has 1 unspecified atom stereocenters. The number of nitriles is 1. The number of benzene rings is 1. The molecule has 1 heterocycles. The summed E-state index contributed by atoms with van der Waals surface area (Å²) >= 11 is 0. The molecule has 1 amide bonds. The third-order valence-corrected chi connectivity index (χ3v) is 3.46. The lowest BCUT2D eigenvalue weighted by molar-refractivity contribution is 0.167. The Labute approximate surface area is 118 Å². The van der Waals surface area contributed by atoms with Gasteiger partial charge in [-0.25, -0.2) is 4.79 Å². The lowest BCUT2D eigenvalue weighted by atomic mass is 10.1. The molecule has 3 N–H and O–H groups in total. The summed E-state index contributed by atoms with van der Waals surface area (Å²) < 4.78 is 4.60. The maximum Gasteiger partial charge on any atom is 0.407 e. The lowest BCUT2D eigenvalue weighted by Gasteiger charge is -2.20. The SMILES string of the molecule is COC(=O)NC1CCN(c2ccc(N)c(CC#N)c2)C1. The number of amides is 1. The van der Waals surface area contributed by atoms with E-state index in [1.807, 2.05) is 18.2 Å². The molecule has 0 radical (unpaired) electrons. The minimum Gasteiger partial charge on any atom is -0.453 e. The molecule has 1 saturated heterocycles. The molecule has 1 aromatic carbocycles. The number of alkyl carbamates (subject to hydrolysis) is 1. The molecule has 6 heteroatoms. The average molecular weight is 274 g/mol. The predicted molar refractivity (Wildman–Crippen MR) is 76.3 cm³/mol. The highest BCUT2D eigenvalue weighted by atomic mass is 16.5. The van der Waals surface area contributed by atoms with Crippen molar-refractivity contribution in [1.29, 1.82) is 5.26 Å². The zero-order valence-electron chi connectivity index (χ0n) is 11.4. The minimum atomic E-state index is -0.403. The van der Waals surface area contributed by atoms with Gasteiger partial charge in [0.2, 0.25) is 0 Å². The number of hydrogen-bond donors (Lipinski definition) is 2. The van der Waals surface area contributed by atoms with Crippen molar-refractivity contribution in [2.24, 2.45) is 0 Å². The van der Waals surface area contributed by atoms with E-state index >= 15 is 0 Å². The van der Waals surface area contributed by atoms with E-state index < -0.39 is 6.09 Å². The topological polar surface area (TPSA) is 91.4 Å². The number of rotatable bonds is 3. The van der Waals surface area contributed by atoms with Gasteiger partial charge in [0.1, 0.15) is 0 Å². The van der Waals surface area contributed by atoms with Gasteiger partial charge in [-0.2, -0.15) is 5.26 Å². The lowest BCUT2D eigenvalue weighted by Crippen LogP contribution is -2.36. The normalized spacial score (nSPS) is 17.6. The number of nitrogen functional groups attached to an aromatic ring is 1. The fourth-order valence-electron chi connectivity index (χ4n) is 2.37. The van der Waals surface area contributed by atoms with Gasteiger partial charge in [-0.15, -0.1) is 0 Å². The summed E-state index contributed by atoms with van der Waals surface area (Å²) in [4.78, 5) is 13.4. The molecule has 0 saturated carbocycles. The Morgan fingerprint density at radius 2 is 2.45 bits per heavy atom. The van der Waals surface area contributed by atoms with Gasteiger partial charge in [0.25, 0.3) is 0 Å². The van der Waals surface area contributed by atoms with E-state index in [0.29, 0.717) is 12.1 Å². The molecule has 1 aliphatic heterocycles. The summed E-state index contributed by atoms with van der Waals surface area (Å²) in [6.45, 7) is 1.58. The number of carbonyl (C=O) groups excluding carboxylic acids is 1. The quantitative estimate of drug-likeness (QED) is 0.810. The Hall–Kier alpha value is -2.42. The van der Waals surface area contributed by atoms with Crippen molar-refractivity contribution in [3.05, 3.63) is 23.8 Å². The highest BCUT2D eigenvalue weighted by Crippen LogP contribution is 2.25.